The summed E-state index contributed by atoms with van der Waals surface area (Å²) in [5.41, 5.74) is 2.46. The molecule has 4 heterocycles. The molecule has 0 atom stereocenters. The van der Waals surface area contributed by atoms with E-state index in [1.165, 1.54) is 19.3 Å². The van der Waals surface area contributed by atoms with Crippen LogP contribution in [-0.4, -0.2) is 40.6 Å². The van der Waals surface area contributed by atoms with Crippen molar-refractivity contribution in [3.63, 3.8) is 0 Å². The van der Waals surface area contributed by atoms with Gasteiger partial charge in [0.2, 0.25) is 5.95 Å². The number of phenols is 1. The molecule has 3 aliphatic heterocycles. The molecule has 0 spiro atoms. The molecule has 160 valence electrons. The van der Waals surface area contributed by atoms with Crippen LogP contribution >= 0.6 is 0 Å². The van der Waals surface area contributed by atoms with Crippen LogP contribution in [-0.2, 0) is 0 Å². The molecule has 3 N–H and O–H groups in total. The van der Waals surface area contributed by atoms with Crippen molar-refractivity contribution in [3.05, 3.63) is 35.5 Å². The number of carbonyl (C=O) groups excluding carboxylic acids is 1. The lowest BCUT2D eigenvalue weighted by Gasteiger charge is -2.41. The molecule has 1 fully saturated rings. The summed E-state index contributed by atoms with van der Waals surface area (Å²) < 4.78 is 0. The van der Waals surface area contributed by atoms with Gasteiger partial charge < -0.3 is 20.6 Å². The molecule has 0 saturated carbocycles. The fourth-order valence-corrected chi connectivity index (χ4v) is 4.46. The molecular formula is C23H31N5O2. The van der Waals surface area contributed by atoms with Crippen LogP contribution < -0.4 is 15.5 Å². The number of nitrogens with zero attached hydrogens (tertiary/aromatic N) is 3. The molecule has 1 saturated heterocycles. The van der Waals surface area contributed by atoms with Gasteiger partial charge in [0, 0.05) is 37.5 Å². The van der Waals surface area contributed by atoms with Crippen molar-refractivity contribution >= 4 is 23.4 Å². The maximum atomic E-state index is 13.1. The Balaban J connectivity index is 1.67. The third kappa shape index (κ3) is 4.66. The predicted octanol–water partition coefficient (Wildman–Crippen LogP) is 4.34. The average molecular weight is 410 g/mol. The molecule has 0 aliphatic carbocycles. The van der Waals surface area contributed by atoms with Gasteiger partial charge in [0.25, 0.3) is 5.91 Å². The van der Waals surface area contributed by atoms with E-state index in [9.17, 15) is 9.90 Å². The normalized spacial score (nSPS) is 19.4. The molecule has 1 aromatic carbocycles. The molecule has 1 aromatic heterocycles. The van der Waals surface area contributed by atoms with E-state index in [0.717, 1.165) is 50.3 Å². The number of rotatable bonds is 0. The van der Waals surface area contributed by atoms with Crippen LogP contribution in [0.1, 0.15) is 61.5 Å². The third-order valence-electron chi connectivity index (χ3n) is 6.37. The first kappa shape index (κ1) is 20.4. The summed E-state index contributed by atoms with van der Waals surface area (Å²) in [7, 11) is 0. The van der Waals surface area contributed by atoms with Crippen molar-refractivity contribution < 1.29 is 9.90 Å². The second kappa shape index (κ2) is 8.50. The van der Waals surface area contributed by atoms with E-state index in [1.54, 1.807) is 24.3 Å². The molecule has 0 unspecified atom stereocenters. The number of benzene rings is 1. The number of hydrogen-bond donors (Lipinski definition) is 3. The lowest BCUT2D eigenvalue weighted by molar-refractivity contribution is 0.102. The standard InChI is InChI=1S/C23H31N5O2/c1-16-14-20-26-21(30)18-7-6-17(29)15-19(18)28-12-9-23(2,10-13-28)8-4-3-5-11-24-22(25-16)27-20/h6-7,14-15,29H,3-5,8-13H2,1-2H3,(H2,24,25,26,27,30). The number of anilines is 3. The Bertz CT molecular complexity index is 922. The van der Waals surface area contributed by atoms with Crippen molar-refractivity contribution in [2.24, 2.45) is 5.41 Å². The summed E-state index contributed by atoms with van der Waals surface area (Å²) in [6.07, 6.45) is 6.87. The number of fused-ring (bicyclic) bond motifs is 8. The molecule has 5 rings (SSSR count). The topological polar surface area (TPSA) is 90.4 Å². The van der Waals surface area contributed by atoms with E-state index in [1.807, 2.05) is 6.92 Å². The maximum Gasteiger partial charge on any atom is 0.258 e. The van der Waals surface area contributed by atoms with Crippen LogP contribution in [0.25, 0.3) is 0 Å². The van der Waals surface area contributed by atoms with Gasteiger partial charge in [-0.2, -0.15) is 4.98 Å². The van der Waals surface area contributed by atoms with Gasteiger partial charge >= 0.3 is 0 Å². The highest BCUT2D eigenvalue weighted by molar-refractivity contribution is 6.08. The lowest BCUT2D eigenvalue weighted by Crippen LogP contribution is -2.39. The average Bonchev–Trinajstić information content (AvgIpc) is 2.70. The van der Waals surface area contributed by atoms with Crippen molar-refractivity contribution in [1.29, 1.82) is 0 Å². The van der Waals surface area contributed by atoms with Crippen molar-refractivity contribution in [1.82, 2.24) is 9.97 Å². The first-order valence-electron chi connectivity index (χ1n) is 10.9. The van der Waals surface area contributed by atoms with Gasteiger partial charge in [-0.15, -0.1) is 0 Å². The maximum absolute atomic E-state index is 13.1. The highest BCUT2D eigenvalue weighted by Crippen LogP contribution is 2.39. The molecule has 1 amide bonds. The number of hydrogen-bond acceptors (Lipinski definition) is 6. The van der Waals surface area contributed by atoms with E-state index in [2.05, 4.69) is 32.4 Å². The zero-order chi connectivity index (χ0) is 21.1. The Morgan fingerprint density at radius 1 is 1.07 bits per heavy atom. The number of aromatic nitrogens is 2. The van der Waals surface area contributed by atoms with E-state index >= 15 is 0 Å². The summed E-state index contributed by atoms with van der Waals surface area (Å²) in [5, 5.41) is 16.3. The summed E-state index contributed by atoms with van der Waals surface area (Å²) in [4.78, 5) is 24.2. The Kier molecular flexibility index (Phi) is 5.79. The first-order chi connectivity index (χ1) is 14.4. The van der Waals surface area contributed by atoms with Gasteiger partial charge in [-0.3, -0.25) is 4.79 Å². The second-order valence-electron chi connectivity index (χ2n) is 8.91. The summed E-state index contributed by atoms with van der Waals surface area (Å²) in [5.74, 6) is 0.956. The fourth-order valence-electron chi connectivity index (χ4n) is 4.46. The van der Waals surface area contributed by atoms with Crippen LogP contribution in [0.2, 0.25) is 0 Å². The van der Waals surface area contributed by atoms with Crippen molar-refractivity contribution in [3.8, 4) is 5.75 Å². The van der Waals surface area contributed by atoms with E-state index in [4.69, 9.17) is 0 Å². The number of aryl methyl sites for hydroxylation is 1. The van der Waals surface area contributed by atoms with Crippen LogP contribution in [0.3, 0.4) is 0 Å². The van der Waals surface area contributed by atoms with E-state index < -0.39 is 0 Å². The van der Waals surface area contributed by atoms with Gasteiger partial charge in [0.15, 0.2) is 0 Å². The van der Waals surface area contributed by atoms with Gasteiger partial charge in [0.05, 0.1) is 11.3 Å². The minimum Gasteiger partial charge on any atom is -0.508 e. The number of carbonyl (C=O) groups is 1. The monoisotopic (exact) mass is 409 g/mol. The number of amides is 1. The van der Waals surface area contributed by atoms with E-state index in [-0.39, 0.29) is 11.7 Å². The number of nitrogens with one attached hydrogen (secondary N) is 2. The van der Waals surface area contributed by atoms with Gasteiger partial charge in [-0.1, -0.05) is 19.8 Å². The molecule has 7 nitrogen and oxygen atoms in total. The largest absolute Gasteiger partial charge is 0.508 e. The predicted molar refractivity (Wildman–Crippen MR) is 119 cm³/mol. The third-order valence-corrected chi connectivity index (χ3v) is 6.37. The minimum atomic E-state index is -0.230. The van der Waals surface area contributed by atoms with E-state index in [0.29, 0.717) is 22.7 Å². The lowest BCUT2D eigenvalue weighted by atomic mass is 9.76. The Morgan fingerprint density at radius 2 is 1.87 bits per heavy atom. The Hall–Kier alpha value is -2.83. The summed E-state index contributed by atoms with van der Waals surface area (Å²) in [6, 6.07) is 6.72. The minimum absolute atomic E-state index is 0.171. The zero-order valence-electron chi connectivity index (χ0n) is 17.9. The summed E-state index contributed by atoms with van der Waals surface area (Å²) in [6.45, 7) is 6.87. The highest BCUT2D eigenvalue weighted by Gasteiger charge is 2.31. The molecule has 30 heavy (non-hydrogen) atoms. The zero-order valence-corrected chi connectivity index (χ0v) is 17.9. The van der Waals surface area contributed by atoms with Crippen molar-refractivity contribution in [2.45, 2.75) is 52.4 Å². The van der Waals surface area contributed by atoms with Crippen LogP contribution in [0, 0.1) is 12.3 Å². The quantitative estimate of drug-likeness (QED) is 0.600. The number of piperidine rings is 1. The van der Waals surface area contributed by atoms with Crippen LogP contribution in [0.15, 0.2) is 24.3 Å². The molecular weight excluding hydrogens is 378 g/mol. The number of aromatic hydroxyl groups is 1. The second-order valence-corrected chi connectivity index (χ2v) is 8.91. The molecule has 0 radical (unpaired) electrons. The highest BCUT2D eigenvalue weighted by atomic mass is 16.3. The first-order valence-corrected chi connectivity index (χ1v) is 10.9. The number of phenolic OH excluding ortho intramolecular Hbond substituents is 1. The van der Waals surface area contributed by atoms with Gasteiger partial charge in [-0.25, -0.2) is 4.98 Å². The van der Waals surface area contributed by atoms with Crippen LogP contribution in [0.5, 0.6) is 5.75 Å². The van der Waals surface area contributed by atoms with Gasteiger partial charge in [-0.05, 0) is 50.2 Å². The smallest absolute Gasteiger partial charge is 0.258 e. The molecule has 4 bridgehead atoms. The summed E-state index contributed by atoms with van der Waals surface area (Å²) >= 11 is 0. The van der Waals surface area contributed by atoms with Crippen molar-refractivity contribution in [2.75, 3.05) is 35.2 Å². The molecule has 2 aromatic rings. The Morgan fingerprint density at radius 3 is 2.67 bits per heavy atom. The fraction of sp³-hybridized carbons (Fsp3) is 0.522. The Labute approximate surface area is 177 Å². The van der Waals surface area contributed by atoms with Crippen LogP contribution in [0.4, 0.5) is 17.5 Å². The molecule has 3 aliphatic rings. The molecule has 7 heteroatoms. The van der Waals surface area contributed by atoms with Gasteiger partial charge in [0.1, 0.15) is 11.6 Å². The SMILES string of the molecule is Cc1cc2nc(n1)NCCCCCC1(C)CCN(CC1)c1cc(O)ccc1C(=O)N2.